The van der Waals surface area contributed by atoms with Crippen LogP contribution in [0.15, 0.2) is 4.52 Å². The average Bonchev–Trinajstić information content (AvgIpc) is 3.31. The van der Waals surface area contributed by atoms with Crippen LogP contribution in [0.3, 0.4) is 0 Å². The number of aryl methyl sites for hydroxylation is 2. The molecule has 6 heteroatoms. The van der Waals surface area contributed by atoms with E-state index >= 15 is 0 Å². The standard InChI is InChI=1S/C19H29N3O3/c1-14-17(15(2)25-20-14)18(23)22-9-5-6-19(13-22)10-16(12-24-19)11-21-7-3-4-8-21/h16H,3-13H2,1-2H3/t16-,19-/m1/s1. The van der Waals surface area contributed by atoms with Crippen molar-refractivity contribution in [2.24, 2.45) is 5.92 Å². The van der Waals surface area contributed by atoms with E-state index in [1.165, 1.54) is 25.9 Å². The number of likely N-dealkylation sites (tertiary alicyclic amines) is 2. The molecule has 1 amide bonds. The highest BCUT2D eigenvalue weighted by atomic mass is 16.5. The van der Waals surface area contributed by atoms with Crippen molar-refractivity contribution in [2.45, 2.75) is 51.6 Å². The van der Waals surface area contributed by atoms with Gasteiger partial charge in [-0.2, -0.15) is 0 Å². The molecule has 138 valence electrons. The van der Waals surface area contributed by atoms with Gasteiger partial charge in [-0.25, -0.2) is 0 Å². The lowest BCUT2D eigenvalue weighted by Crippen LogP contribution is -2.50. The largest absolute Gasteiger partial charge is 0.373 e. The van der Waals surface area contributed by atoms with Crippen LogP contribution in [0, 0.1) is 19.8 Å². The van der Waals surface area contributed by atoms with E-state index in [4.69, 9.17) is 9.26 Å². The van der Waals surface area contributed by atoms with Crippen LogP contribution in [-0.2, 0) is 4.74 Å². The molecule has 3 fully saturated rings. The molecule has 4 heterocycles. The highest BCUT2D eigenvalue weighted by Gasteiger charge is 2.45. The van der Waals surface area contributed by atoms with E-state index in [-0.39, 0.29) is 11.5 Å². The minimum atomic E-state index is -0.142. The predicted molar refractivity (Wildman–Crippen MR) is 93.6 cm³/mol. The summed E-state index contributed by atoms with van der Waals surface area (Å²) in [5.74, 6) is 1.26. The first-order valence-corrected chi connectivity index (χ1v) is 9.65. The molecule has 0 radical (unpaired) electrons. The summed E-state index contributed by atoms with van der Waals surface area (Å²) in [6.07, 6.45) is 5.81. The molecule has 0 aliphatic carbocycles. The lowest BCUT2D eigenvalue weighted by molar-refractivity contribution is -0.0451. The second-order valence-corrected chi connectivity index (χ2v) is 8.10. The fraction of sp³-hybridized carbons (Fsp3) is 0.789. The van der Waals surface area contributed by atoms with Crippen LogP contribution in [0.1, 0.15) is 53.9 Å². The molecule has 3 aliphatic rings. The van der Waals surface area contributed by atoms with Gasteiger partial charge in [0, 0.05) is 19.6 Å². The van der Waals surface area contributed by atoms with Gasteiger partial charge in [0.05, 0.1) is 17.9 Å². The quantitative estimate of drug-likeness (QED) is 0.840. The molecule has 4 rings (SSSR count). The lowest BCUT2D eigenvalue weighted by Gasteiger charge is -2.40. The molecule has 0 bridgehead atoms. The first-order chi connectivity index (χ1) is 12.1. The summed E-state index contributed by atoms with van der Waals surface area (Å²) in [6, 6.07) is 0. The third-order valence-electron chi connectivity index (χ3n) is 6.07. The molecule has 2 atom stereocenters. The average molecular weight is 347 g/mol. The highest BCUT2D eigenvalue weighted by molar-refractivity contribution is 5.96. The normalized spacial score (nSPS) is 30.5. The fourth-order valence-corrected chi connectivity index (χ4v) is 4.89. The molecular formula is C19H29N3O3. The molecule has 1 aromatic heterocycles. The van der Waals surface area contributed by atoms with Crippen LogP contribution in [0.25, 0.3) is 0 Å². The van der Waals surface area contributed by atoms with Gasteiger partial charge in [-0.15, -0.1) is 0 Å². The summed E-state index contributed by atoms with van der Waals surface area (Å²) in [7, 11) is 0. The number of aromatic nitrogens is 1. The SMILES string of the molecule is Cc1noc(C)c1C(=O)N1CCC[C@@]2(C[C@H](CN3CCCC3)CO2)C1. The summed E-state index contributed by atoms with van der Waals surface area (Å²) >= 11 is 0. The summed E-state index contributed by atoms with van der Waals surface area (Å²) in [5, 5.41) is 3.93. The third-order valence-corrected chi connectivity index (χ3v) is 6.07. The number of rotatable bonds is 3. The van der Waals surface area contributed by atoms with E-state index in [0.717, 1.165) is 39.0 Å². The number of nitrogens with zero attached hydrogens (tertiary/aromatic N) is 3. The zero-order valence-electron chi connectivity index (χ0n) is 15.4. The van der Waals surface area contributed by atoms with Gasteiger partial charge >= 0.3 is 0 Å². The number of hydrogen-bond acceptors (Lipinski definition) is 5. The molecule has 3 saturated heterocycles. The first kappa shape index (κ1) is 17.0. The number of carbonyl (C=O) groups is 1. The summed E-state index contributed by atoms with van der Waals surface area (Å²) in [6.45, 7) is 9.60. The van der Waals surface area contributed by atoms with Gasteiger partial charge in [0.1, 0.15) is 11.3 Å². The zero-order chi connectivity index (χ0) is 17.4. The Hall–Kier alpha value is -1.40. The van der Waals surface area contributed by atoms with Crippen molar-refractivity contribution >= 4 is 5.91 Å². The van der Waals surface area contributed by atoms with Gasteiger partial charge < -0.3 is 19.1 Å². The molecule has 0 aromatic carbocycles. The van der Waals surface area contributed by atoms with Crippen LogP contribution in [-0.4, -0.2) is 65.8 Å². The van der Waals surface area contributed by atoms with Crippen molar-refractivity contribution in [3.63, 3.8) is 0 Å². The molecule has 0 saturated carbocycles. The summed E-state index contributed by atoms with van der Waals surface area (Å²) in [5.41, 5.74) is 1.17. The van der Waals surface area contributed by atoms with Gasteiger partial charge in [-0.3, -0.25) is 4.79 Å². The Morgan fingerprint density at radius 1 is 1.24 bits per heavy atom. The smallest absolute Gasteiger partial charge is 0.259 e. The number of ether oxygens (including phenoxy) is 1. The maximum absolute atomic E-state index is 13.0. The van der Waals surface area contributed by atoms with Crippen LogP contribution in [0.2, 0.25) is 0 Å². The number of hydrogen-bond donors (Lipinski definition) is 0. The Bertz CT molecular complexity index is 618. The van der Waals surface area contributed by atoms with Crippen LogP contribution in [0.4, 0.5) is 0 Å². The molecule has 25 heavy (non-hydrogen) atoms. The second kappa shape index (κ2) is 6.72. The predicted octanol–water partition coefficient (Wildman–Crippen LogP) is 2.40. The third kappa shape index (κ3) is 3.34. The van der Waals surface area contributed by atoms with Crippen molar-refractivity contribution in [2.75, 3.05) is 39.3 Å². The zero-order valence-corrected chi connectivity index (χ0v) is 15.4. The maximum atomic E-state index is 13.0. The van der Waals surface area contributed by atoms with E-state index in [1.807, 2.05) is 18.7 Å². The number of piperidine rings is 1. The molecule has 6 nitrogen and oxygen atoms in total. The summed E-state index contributed by atoms with van der Waals surface area (Å²) < 4.78 is 11.5. The van der Waals surface area contributed by atoms with Gasteiger partial charge in [0.25, 0.3) is 5.91 Å². The van der Waals surface area contributed by atoms with Gasteiger partial charge in [-0.1, -0.05) is 5.16 Å². The second-order valence-electron chi connectivity index (χ2n) is 8.10. The first-order valence-electron chi connectivity index (χ1n) is 9.65. The van der Waals surface area contributed by atoms with E-state index in [2.05, 4.69) is 10.1 Å². The minimum Gasteiger partial charge on any atom is -0.373 e. The summed E-state index contributed by atoms with van der Waals surface area (Å²) in [4.78, 5) is 17.5. The van der Waals surface area contributed by atoms with Crippen molar-refractivity contribution in [1.29, 1.82) is 0 Å². The van der Waals surface area contributed by atoms with E-state index < -0.39 is 0 Å². The Balaban J connectivity index is 1.41. The van der Waals surface area contributed by atoms with Crippen LogP contribution < -0.4 is 0 Å². The topological polar surface area (TPSA) is 58.8 Å². The molecule has 3 aliphatic heterocycles. The molecule has 1 aromatic rings. The highest BCUT2D eigenvalue weighted by Crippen LogP contribution is 2.38. The molecule has 1 spiro atoms. The minimum absolute atomic E-state index is 0.0434. The Morgan fingerprint density at radius 2 is 2.04 bits per heavy atom. The van der Waals surface area contributed by atoms with Crippen molar-refractivity contribution in [1.82, 2.24) is 15.0 Å². The monoisotopic (exact) mass is 347 g/mol. The Kier molecular flexibility index (Phi) is 4.58. The van der Waals surface area contributed by atoms with E-state index in [9.17, 15) is 4.79 Å². The van der Waals surface area contributed by atoms with Gasteiger partial charge in [0.15, 0.2) is 0 Å². The van der Waals surface area contributed by atoms with Crippen molar-refractivity contribution in [3.05, 3.63) is 17.0 Å². The Labute approximate surface area is 149 Å². The van der Waals surface area contributed by atoms with E-state index in [0.29, 0.717) is 29.5 Å². The van der Waals surface area contributed by atoms with Gasteiger partial charge in [-0.05, 0) is 65.0 Å². The number of carbonyl (C=O) groups excluding carboxylic acids is 1. The molecular weight excluding hydrogens is 318 g/mol. The Morgan fingerprint density at radius 3 is 2.76 bits per heavy atom. The molecule has 0 unspecified atom stereocenters. The van der Waals surface area contributed by atoms with E-state index in [1.54, 1.807) is 0 Å². The van der Waals surface area contributed by atoms with Crippen LogP contribution >= 0.6 is 0 Å². The fourth-order valence-electron chi connectivity index (χ4n) is 4.89. The maximum Gasteiger partial charge on any atom is 0.259 e. The van der Waals surface area contributed by atoms with Crippen molar-refractivity contribution in [3.8, 4) is 0 Å². The van der Waals surface area contributed by atoms with Crippen LogP contribution in [0.5, 0.6) is 0 Å². The lowest BCUT2D eigenvalue weighted by atomic mass is 9.86. The van der Waals surface area contributed by atoms with Gasteiger partial charge in [0.2, 0.25) is 0 Å². The number of amides is 1. The van der Waals surface area contributed by atoms with Crippen molar-refractivity contribution < 1.29 is 14.1 Å². The molecule has 0 N–H and O–H groups in total.